The van der Waals surface area contributed by atoms with Crippen molar-refractivity contribution in [3.8, 4) is 0 Å². The molecule has 0 fully saturated rings. The molecule has 3 N–H and O–H groups in total. The molecule has 0 radical (unpaired) electrons. The summed E-state index contributed by atoms with van der Waals surface area (Å²) in [5.41, 5.74) is 5.18. The van der Waals surface area contributed by atoms with Gasteiger partial charge in [-0.1, -0.05) is 20.3 Å². The molecule has 1 unspecified atom stereocenters. The Morgan fingerprint density at radius 3 is 2.56 bits per heavy atom. The summed E-state index contributed by atoms with van der Waals surface area (Å²) in [7, 11) is 0. The number of amidine groups is 1. The third-order valence-electron chi connectivity index (χ3n) is 1.60. The van der Waals surface area contributed by atoms with Crippen molar-refractivity contribution in [2.75, 3.05) is 0 Å². The lowest BCUT2D eigenvalue weighted by Gasteiger charge is -2.05. The molecule has 0 saturated carbocycles. The minimum absolute atomic E-state index is 0.315. The summed E-state index contributed by atoms with van der Waals surface area (Å²) in [4.78, 5) is 0. The summed E-state index contributed by atoms with van der Waals surface area (Å²) >= 11 is 0. The summed E-state index contributed by atoms with van der Waals surface area (Å²) in [5, 5.41) is 6.94. The van der Waals surface area contributed by atoms with Crippen LogP contribution in [0.25, 0.3) is 0 Å². The maximum Gasteiger partial charge on any atom is 0.0905 e. The van der Waals surface area contributed by atoms with Crippen molar-refractivity contribution >= 4 is 5.84 Å². The van der Waals surface area contributed by atoms with Gasteiger partial charge in [-0.2, -0.15) is 0 Å². The average Bonchev–Trinajstić information content (AvgIpc) is 1.83. The Kier molecular flexibility index (Phi) is 4.10. The van der Waals surface area contributed by atoms with Crippen LogP contribution in [0.4, 0.5) is 0 Å². The van der Waals surface area contributed by atoms with E-state index < -0.39 is 0 Å². The molecule has 0 amide bonds. The zero-order chi connectivity index (χ0) is 7.28. The van der Waals surface area contributed by atoms with Crippen LogP contribution in [0.2, 0.25) is 0 Å². The van der Waals surface area contributed by atoms with Crippen molar-refractivity contribution in [3.63, 3.8) is 0 Å². The second kappa shape index (κ2) is 4.36. The van der Waals surface area contributed by atoms with Crippen LogP contribution in [-0.2, 0) is 0 Å². The van der Waals surface area contributed by atoms with Gasteiger partial charge in [0.15, 0.2) is 0 Å². The molecule has 0 rings (SSSR count). The van der Waals surface area contributed by atoms with Gasteiger partial charge in [-0.3, -0.25) is 5.41 Å². The van der Waals surface area contributed by atoms with E-state index >= 15 is 0 Å². The second-order valence-corrected chi connectivity index (χ2v) is 2.58. The fourth-order valence-corrected chi connectivity index (χ4v) is 0.606. The Morgan fingerprint density at radius 2 is 2.22 bits per heavy atom. The van der Waals surface area contributed by atoms with Crippen molar-refractivity contribution in [1.29, 1.82) is 5.41 Å². The number of hydrogen-bond acceptors (Lipinski definition) is 1. The van der Waals surface area contributed by atoms with Crippen LogP contribution in [0.15, 0.2) is 0 Å². The third kappa shape index (κ3) is 5.34. The lowest BCUT2D eigenvalue weighted by molar-refractivity contribution is 0.527. The summed E-state index contributed by atoms with van der Waals surface area (Å²) in [6.07, 6.45) is 3.01. The number of nitrogens with two attached hydrogens (primary N) is 1. The van der Waals surface area contributed by atoms with Gasteiger partial charge in [0, 0.05) is 6.42 Å². The molecule has 0 aromatic carbocycles. The van der Waals surface area contributed by atoms with E-state index in [1.165, 1.54) is 6.42 Å². The molecule has 0 aliphatic heterocycles. The maximum absolute atomic E-state index is 6.94. The summed E-state index contributed by atoms with van der Waals surface area (Å²) < 4.78 is 0. The zero-order valence-electron chi connectivity index (χ0n) is 6.28. The Labute approximate surface area is 57.0 Å². The summed E-state index contributed by atoms with van der Waals surface area (Å²) in [5.74, 6) is 1.03. The standard InChI is InChI=1S/C7H16N2/c1-3-6(2)4-5-7(8)9/h6H,3-5H2,1-2H3,(H3,8,9). The lowest BCUT2D eigenvalue weighted by atomic mass is 10.0. The van der Waals surface area contributed by atoms with Crippen LogP contribution in [0.1, 0.15) is 33.1 Å². The molecular weight excluding hydrogens is 112 g/mol. The fraction of sp³-hybridized carbons (Fsp3) is 0.857. The largest absolute Gasteiger partial charge is 0.388 e. The van der Waals surface area contributed by atoms with E-state index in [1.807, 2.05) is 0 Å². The first-order chi connectivity index (χ1) is 4.16. The van der Waals surface area contributed by atoms with Gasteiger partial charge in [0.2, 0.25) is 0 Å². The van der Waals surface area contributed by atoms with E-state index in [-0.39, 0.29) is 0 Å². The molecule has 54 valence electrons. The third-order valence-corrected chi connectivity index (χ3v) is 1.60. The normalized spacial score (nSPS) is 13.1. The van der Waals surface area contributed by atoms with Crippen molar-refractivity contribution < 1.29 is 0 Å². The van der Waals surface area contributed by atoms with Crippen LogP contribution in [0, 0.1) is 11.3 Å². The van der Waals surface area contributed by atoms with Crippen LogP contribution < -0.4 is 5.73 Å². The molecule has 0 aromatic rings. The van der Waals surface area contributed by atoms with Crippen molar-refractivity contribution in [2.24, 2.45) is 11.7 Å². The molecular formula is C7H16N2. The number of hydrogen-bond donors (Lipinski definition) is 2. The van der Waals surface area contributed by atoms with Crippen molar-refractivity contribution in [1.82, 2.24) is 0 Å². The smallest absolute Gasteiger partial charge is 0.0905 e. The van der Waals surface area contributed by atoms with E-state index in [0.29, 0.717) is 11.8 Å². The summed E-state index contributed by atoms with van der Waals surface area (Å²) in [6, 6.07) is 0. The molecule has 0 spiro atoms. The van der Waals surface area contributed by atoms with Gasteiger partial charge in [0.1, 0.15) is 0 Å². The van der Waals surface area contributed by atoms with E-state index in [0.717, 1.165) is 12.8 Å². The highest BCUT2D eigenvalue weighted by Crippen LogP contribution is 2.07. The van der Waals surface area contributed by atoms with Crippen molar-refractivity contribution in [3.05, 3.63) is 0 Å². The van der Waals surface area contributed by atoms with Gasteiger partial charge in [0.05, 0.1) is 5.84 Å². The monoisotopic (exact) mass is 128 g/mol. The predicted molar refractivity (Wildman–Crippen MR) is 40.6 cm³/mol. The molecule has 0 aromatic heterocycles. The van der Waals surface area contributed by atoms with Gasteiger partial charge in [-0.25, -0.2) is 0 Å². The predicted octanol–water partition coefficient (Wildman–Crippen LogP) is 1.75. The SMILES string of the molecule is CCC(C)CCC(=N)N. The van der Waals surface area contributed by atoms with E-state index in [9.17, 15) is 0 Å². The quantitative estimate of drug-likeness (QED) is 0.440. The van der Waals surface area contributed by atoms with Gasteiger partial charge in [-0.05, 0) is 12.3 Å². The molecule has 0 saturated heterocycles. The Morgan fingerprint density at radius 1 is 1.67 bits per heavy atom. The fourth-order valence-electron chi connectivity index (χ4n) is 0.606. The van der Waals surface area contributed by atoms with Gasteiger partial charge < -0.3 is 5.73 Å². The number of rotatable bonds is 4. The molecule has 0 aliphatic rings. The maximum atomic E-state index is 6.94. The minimum Gasteiger partial charge on any atom is -0.388 e. The highest BCUT2D eigenvalue weighted by Gasteiger charge is 1.97. The first-order valence-corrected chi connectivity index (χ1v) is 3.49. The Hall–Kier alpha value is -0.530. The highest BCUT2D eigenvalue weighted by atomic mass is 14.7. The van der Waals surface area contributed by atoms with Gasteiger partial charge in [-0.15, -0.1) is 0 Å². The highest BCUT2D eigenvalue weighted by molar-refractivity contribution is 5.76. The van der Waals surface area contributed by atoms with E-state index in [2.05, 4.69) is 13.8 Å². The Balaban J connectivity index is 3.16. The molecule has 2 heteroatoms. The zero-order valence-corrected chi connectivity index (χ0v) is 6.28. The number of nitrogens with one attached hydrogen (secondary N) is 1. The molecule has 0 aliphatic carbocycles. The van der Waals surface area contributed by atoms with E-state index in [1.54, 1.807) is 0 Å². The van der Waals surface area contributed by atoms with Crippen LogP contribution in [0.5, 0.6) is 0 Å². The topological polar surface area (TPSA) is 49.9 Å². The van der Waals surface area contributed by atoms with Crippen LogP contribution >= 0.6 is 0 Å². The second-order valence-electron chi connectivity index (χ2n) is 2.58. The molecule has 1 atom stereocenters. The van der Waals surface area contributed by atoms with Gasteiger partial charge in [0.25, 0.3) is 0 Å². The average molecular weight is 128 g/mol. The molecule has 9 heavy (non-hydrogen) atoms. The van der Waals surface area contributed by atoms with Crippen LogP contribution in [0.3, 0.4) is 0 Å². The molecule has 0 bridgehead atoms. The minimum atomic E-state index is 0.315. The Bertz CT molecular complexity index is 88.9. The summed E-state index contributed by atoms with van der Waals surface area (Å²) in [6.45, 7) is 4.34. The van der Waals surface area contributed by atoms with E-state index in [4.69, 9.17) is 11.1 Å². The first-order valence-electron chi connectivity index (χ1n) is 3.49. The molecule has 2 nitrogen and oxygen atoms in total. The lowest BCUT2D eigenvalue weighted by Crippen LogP contribution is -2.10. The first kappa shape index (κ1) is 8.47. The molecule has 0 heterocycles. The van der Waals surface area contributed by atoms with Gasteiger partial charge >= 0.3 is 0 Å². The van der Waals surface area contributed by atoms with Crippen LogP contribution in [-0.4, -0.2) is 5.84 Å². The van der Waals surface area contributed by atoms with Crippen molar-refractivity contribution in [2.45, 2.75) is 33.1 Å².